The van der Waals surface area contributed by atoms with Gasteiger partial charge in [-0.15, -0.1) is 5.10 Å². The minimum Gasteiger partial charge on any atom is -0.382 e. The lowest BCUT2D eigenvalue weighted by Gasteiger charge is -2.05. The van der Waals surface area contributed by atoms with Crippen LogP contribution >= 0.6 is 11.6 Å². The maximum Gasteiger partial charge on any atom is 0.183 e. The van der Waals surface area contributed by atoms with Crippen LogP contribution in [0.3, 0.4) is 0 Å². The van der Waals surface area contributed by atoms with Crippen molar-refractivity contribution < 1.29 is 9.18 Å². The minimum atomic E-state index is -0.666. The number of nitrogens with zero attached hydrogens (tertiary/aromatic N) is 3. The number of carbonyl (C=O) groups is 1. The third-order valence-corrected chi connectivity index (χ3v) is 2.49. The van der Waals surface area contributed by atoms with Crippen LogP contribution in [0.5, 0.6) is 0 Å². The van der Waals surface area contributed by atoms with Crippen molar-refractivity contribution in [1.82, 2.24) is 15.0 Å². The molecule has 0 aliphatic carbocycles. The molecule has 2 aromatic rings. The number of benzene rings is 1. The molecule has 0 aliphatic heterocycles. The lowest BCUT2D eigenvalue weighted by atomic mass is 10.3. The van der Waals surface area contributed by atoms with Crippen molar-refractivity contribution in [3.63, 3.8) is 0 Å². The molecule has 0 saturated heterocycles. The van der Waals surface area contributed by atoms with Gasteiger partial charge in [-0.1, -0.05) is 22.9 Å². The van der Waals surface area contributed by atoms with Crippen molar-refractivity contribution in [2.45, 2.75) is 6.92 Å². The minimum absolute atomic E-state index is 0.00405. The molecule has 17 heavy (non-hydrogen) atoms. The quantitative estimate of drug-likeness (QED) is 0.830. The number of ketones is 1. The van der Waals surface area contributed by atoms with Gasteiger partial charge in [0.15, 0.2) is 23.1 Å². The van der Waals surface area contributed by atoms with Crippen molar-refractivity contribution >= 4 is 23.2 Å². The van der Waals surface area contributed by atoms with E-state index in [2.05, 4.69) is 10.3 Å². The van der Waals surface area contributed by atoms with Crippen LogP contribution in [0, 0.1) is 5.82 Å². The maximum absolute atomic E-state index is 13.7. The van der Waals surface area contributed by atoms with E-state index in [0.717, 1.165) is 4.68 Å². The van der Waals surface area contributed by atoms with E-state index in [9.17, 15) is 9.18 Å². The molecule has 5 nitrogen and oxygen atoms in total. The normalized spacial score (nSPS) is 10.5. The predicted molar refractivity (Wildman–Crippen MR) is 60.7 cm³/mol. The van der Waals surface area contributed by atoms with Crippen LogP contribution in [0.2, 0.25) is 5.02 Å². The topological polar surface area (TPSA) is 73.8 Å². The molecule has 1 aromatic heterocycles. The fourth-order valence-electron chi connectivity index (χ4n) is 1.37. The highest BCUT2D eigenvalue weighted by Crippen LogP contribution is 2.23. The van der Waals surface area contributed by atoms with Crippen LogP contribution < -0.4 is 5.73 Å². The molecular weight excluding hydrogens is 247 g/mol. The lowest BCUT2D eigenvalue weighted by molar-refractivity contribution is 0.101. The van der Waals surface area contributed by atoms with Gasteiger partial charge < -0.3 is 5.73 Å². The summed E-state index contributed by atoms with van der Waals surface area (Å²) in [7, 11) is 0. The monoisotopic (exact) mass is 254 g/mol. The molecule has 0 fully saturated rings. The summed E-state index contributed by atoms with van der Waals surface area (Å²) in [6.45, 7) is 1.30. The summed E-state index contributed by atoms with van der Waals surface area (Å²) in [5.74, 6) is -1.02. The fourth-order valence-corrected chi connectivity index (χ4v) is 1.54. The molecule has 0 radical (unpaired) electrons. The van der Waals surface area contributed by atoms with Gasteiger partial charge in [0, 0.05) is 6.92 Å². The summed E-state index contributed by atoms with van der Waals surface area (Å²) in [5, 5.41) is 7.17. The number of hydrogen-bond donors (Lipinski definition) is 1. The van der Waals surface area contributed by atoms with E-state index in [1.807, 2.05) is 0 Å². The maximum atomic E-state index is 13.7. The molecule has 0 aliphatic rings. The molecule has 0 spiro atoms. The van der Waals surface area contributed by atoms with Gasteiger partial charge in [0.05, 0.1) is 5.02 Å². The highest BCUT2D eigenvalue weighted by Gasteiger charge is 2.17. The largest absolute Gasteiger partial charge is 0.382 e. The Morgan fingerprint density at radius 3 is 2.82 bits per heavy atom. The van der Waals surface area contributed by atoms with Gasteiger partial charge in [-0.2, -0.15) is 4.68 Å². The van der Waals surface area contributed by atoms with Crippen LogP contribution in [0.1, 0.15) is 17.4 Å². The Morgan fingerprint density at radius 1 is 1.53 bits per heavy atom. The average Bonchev–Trinajstić information content (AvgIpc) is 2.64. The second-order valence-corrected chi connectivity index (χ2v) is 3.77. The van der Waals surface area contributed by atoms with E-state index in [4.69, 9.17) is 17.3 Å². The first-order chi connectivity index (χ1) is 8.02. The Kier molecular flexibility index (Phi) is 2.81. The number of nitrogens with two attached hydrogens (primary N) is 1. The summed E-state index contributed by atoms with van der Waals surface area (Å²) in [5.41, 5.74) is 5.72. The van der Waals surface area contributed by atoms with E-state index in [0.29, 0.717) is 0 Å². The number of halogens is 2. The number of aromatic nitrogens is 3. The molecular formula is C10H8ClFN4O. The van der Waals surface area contributed by atoms with Gasteiger partial charge in [-0.05, 0) is 12.1 Å². The van der Waals surface area contributed by atoms with Crippen molar-refractivity contribution in [2.75, 3.05) is 5.73 Å². The first-order valence-corrected chi connectivity index (χ1v) is 5.06. The SMILES string of the molecule is CC(=O)c1nnn(-c2cccc(Cl)c2F)c1N. The van der Waals surface area contributed by atoms with Crippen LogP contribution in [0.4, 0.5) is 10.2 Å². The molecule has 0 bridgehead atoms. The number of carbonyl (C=O) groups excluding carboxylic acids is 1. The molecule has 7 heteroatoms. The Bertz CT molecular complexity index is 596. The van der Waals surface area contributed by atoms with Gasteiger partial charge in [0.1, 0.15) is 5.69 Å². The summed E-state index contributed by atoms with van der Waals surface area (Å²) in [6, 6.07) is 4.39. The van der Waals surface area contributed by atoms with E-state index < -0.39 is 5.82 Å². The highest BCUT2D eigenvalue weighted by atomic mass is 35.5. The molecule has 0 atom stereocenters. The first kappa shape index (κ1) is 11.5. The van der Waals surface area contributed by atoms with Crippen LogP contribution in [-0.2, 0) is 0 Å². The van der Waals surface area contributed by atoms with Crippen LogP contribution in [0.15, 0.2) is 18.2 Å². The molecule has 88 valence electrons. The van der Waals surface area contributed by atoms with Gasteiger partial charge in [0.25, 0.3) is 0 Å². The smallest absolute Gasteiger partial charge is 0.183 e. The molecule has 0 amide bonds. The molecule has 2 rings (SSSR count). The Morgan fingerprint density at radius 2 is 2.24 bits per heavy atom. The molecule has 0 unspecified atom stereocenters. The van der Waals surface area contributed by atoms with Gasteiger partial charge in [-0.25, -0.2) is 4.39 Å². The first-order valence-electron chi connectivity index (χ1n) is 4.69. The van der Waals surface area contributed by atoms with Crippen LogP contribution in [0.25, 0.3) is 5.69 Å². The van der Waals surface area contributed by atoms with E-state index in [1.165, 1.54) is 19.1 Å². The van der Waals surface area contributed by atoms with Gasteiger partial charge in [-0.3, -0.25) is 4.79 Å². The number of anilines is 1. The van der Waals surface area contributed by atoms with Crippen LogP contribution in [-0.4, -0.2) is 20.8 Å². The number of rotatable bonds is 2. The standard InChI is InChI=1S/C10H8ClFN4O/c1-5(17)9-10(13)16(15-14-9)7-4-2-3-6(11)8(7)12/h2-4H,13H2,1H3. The van der Waals surface area contributed by atoms with Crippen molar-refractivity contribution in [3.05, 3.63) is 34.7 Å². The summed E-state index contributed by atoms with van der Waals surface area (Å²) < 4.78 is 14.8. The van der Waals surface area contributed by atoms with Gasteiger partial charge >= 0.3 is 0 Å². The average molecular weight is 255 g/mol. The van der Waals surface area contributed by atoms with Crippen molar-refractivity contribution in [3.8, 4) is 5.69 Å². The molecule has 1 aromatic carbocycles. The lowest BCUT2D eigenvalue weighted by Crippen LogP contribution is -2.06. The van der Waals surface area contributed by atoms with Crippen molar-refractivity contribution in [2.24, 2.45) is 0 Å². The van der Waals surface area contributed by atoms with Crippen molar-refractivity contribution in [1.29, 1.82) is 0 Å². The highest BCUT2D eigenvalue weighted by molar-refractivity contribution is 6.30. The fraction of sp³-hybridized carbons (Fsp3) is 0.100. The third-order valence-electron chi connectivity index (χ3n) is 2.20. The second-order valence-electron chi connectivity index (χ2n) is 3.36. The second kappa shape index (κ2) is 4.14. The molecule has 1 heterocycles. The molecule has 2 N–H and O–H groups in total. The molecule has 0 saturated carbocycles. The van der Waals surface area contributed by atoms with E-state index in [-0.39, 0.29) is 28.0 Å². The summed E-state index contributed by atoms with van der Waals surface area (Å²) >= 11 is 5.64. The van der Waals surface area contributed by atoms with E-state index >= 15 is 0 Å². The third kappa shape index (κ3) is 1.87. The summed E-state index contributed by atoms with van der Waals surface area (Å²) in [6.07, 6.45) is 0. The zero-order chi connectivity index (χ0) is 12.6. The van der Waals surface area contributed by atoms with Gasteiger partial charge in [0.2, 0.25) is 0 Å². The van der Waals surface area contributed by atoms with E-state index in [1.54, 1.807) is 6.07 Å². The number of Topliss-reactive ketones (excluding diaryl/α,β-unsaturated/α-hetero) is 1. The Hall–Kier alpha value is -1.95. The number of nitrogen functional groups attached to an aromatic ring is 1. The number of hydrogen-bond acceptors (Lipinski definition) is 4. The Labute approximate surface area is 101 Å². The Balaban J connectivity index is 2.62. The zero-order valence-electron chi connectivity index (χ0n) is 8.82. The zero-order valence-corrected chi connectivity index (χ0v) is 9.57. The predicted octanol–water partition coefficient (Wildman–Crippen LogP) is 1.84. The summed E-state index contributed by atoms with van der Waals surface area (Å²) in [4.78, 5) is 11.1.